The molecule has 0 radical (unpaired) electrons. The van der Waals surface area contributed by atoms with Crippen LogP contribution in [0.4, 0.5) is 0 Å². The molecule has 0 N–H and O–H groups in total. The predicted octanol–water partition coefficient (Wildman–Crippen LogP) is 3.98. The van der Waals surface area contributed by atoms with Gasteiger partial charge in [-0.25, -0.2) is 4.98 Å². The number of carbonyl (C=O) groups is 1. The number of methoxy groups -OCH3 is 1. The summed E-state index contributed by atoms with van der Waals surface area (Å²) in [4.78, 5) is 33.1. The number of amides is 1. The zero-order chi connectivity index (χ0) is 22.2. The Hall–Kier alpha value is -2.99. The maximum absolute atomic E-state index is 13.2. The van der Waals surface area contributed by atoms with E-state index in [1.54, 1.807) is 17.7 Å². The van der Waals surface area contributed by atoms with Gasteiger partial charge >= 0.3 is 0 Å². The minimum absolute atomic E-state index is 0.0684. The Balaban J connectivity index is 1.96. The molecule has 1 amide bonds. The molecular formula is C25H31N3O3. The molecule has 6 heteroatoms. The summed E-state index contributed by atoms with van der Waals surface area (Å²) in [6.45, 7) is 5.35. The molecule has 3 rings (SSSR count). The second-order valence-corrected chi connectivity index (χ2v) is 7.53. The van der Waals surface area contributed by atoms with Gasteiger partial charge in [-0.15, -0.1) is 0 Å². The van der Waals surface area contributed by atoms with Crippen molar-refractivity contribution in [1.82, 2.24) is 14.5 Å². The highest BCUT2D eigenvalue weighted by Crippen LogP contribution is 2.25. The van der Waals surface area contributed by atoms with Gasteiger partial charge in [0, 0.05) is 20.1 Å². The van der Waals surface area contributed by atoms with E-state index >= 15 is 0 Å². The minimum atomic E-state index is -0.276. The fraction of sp³-hybridized carbons (Fsp3) is 0.400. The van der Waals surface area contributed by atoms with Crippen LogP contribution in [0.5, 0.6) is 0 Å². The van der Waals surface area contributed by atoms with E-state index < -0.39 is 0 Å². The number of hydrogen-bond acceptors (Lipinski definition) is 4. The summed E-state index contributed by atoms with van der Waals surface area (Å²) in [7, 11) is 1.61. The van der Waals surface area contributed by atoms with E-state index in [0.717, 1.165) is 5.56 Å². The first-order chi connectivity index (χ1) is 15.1. The van der Waals surface area contributed by atoms with Gasteiger partial charge in [-0.05, 0) is 37.5 Å². The van der Waals surface area contributed by atoms with Crippen molar-refractivity contribution in [2.45, 2.75) is 45.7 Å². The number of nitrogens with zero attached hydrogens (tertiary/aromatic N) is 3. The van der Waals surface area contributed by atoms with Crippen molar-refractivity contribution in [3.63, 3.8) is 0 Å². The fourth-order valence-electron chi connectivity index (χ4n) is 3.99. The molecule has 0 aliphatic carbocycles. The minimum Gasteiger partial charge on any atom is -0.383 e. The largest absolute Gasteiger partial charge is 0.383 e. The zero-order valence-electron chi connectivity index (χ0n) is 18.6. The van der Waals surface area contributed by atoms with Gasteiger partial charge in [-0.3, -0.25) is 14.2 Å². The number of aryl methyl sites for hydroxylation is 1. The van der Waals surface area contributed by atoms with Gasteiger partial charge in [0.2, 0.25) is 5.91 Å². The summed E-state index contributed by atoms with van der Waals surface area (Å²) in [5, 5.41) is 0.579. The average molecular weight is 422 g/mol. The van der Waals surface area contributed by atoms with Crippen LogP contribution in [0.2, 0.25) is 0 Å². The summed E-state index contributed by atoms with van der Waals surface area (Å²) in [6.07, 6.45) is 1.78. The first kappa shape index (κ1) is 22.7. The molecule has 2 aromatic carbocycles. The number of hydrogen-bond donors (Lipinski definition) is 0. The van der Waals surface area contributed by atoms with Gasteiger partial charge in [0.15, 0.2) is 0 Å². The van der Waals surface area contributed by atoms with E-state index in [1.807, 2.05) is 67.3 Å². The van der Waals surface area contributed by atoms with Crippen LogP contribution in [0.3, 0.4) is 0 Å². The van der Waals surface area contributed by atoms with Gasteiger partial charge in [0.25, 0.3) is 5.56 Å². The van der Waals surface area contributed by atoms with Crippen molar-refractivity contribution in [2.24, 2.45) is 0 Å². The van der Waals surface area contributed by atoms with E-state index in [9.17, 15) is 9.59 Å². The van der Waals surface area contributed by atoms with Crippen molar-refractivity contribution < 1.29 is 9.53 Å². The Morgan fingerprint density at radius 1 is 1.10 bits per heavy atom. The Kier molecular flexibility index (Phi) is 7.95. The molecule has 3 aromatic rings. The summed E-state index contributed by atoms with van der Waals surface area (Å²) in [5.41, 5.74) is 1.70. The molecule has 0 bridgehead atoms. The Morgan fingerprint density at radius 3 is 2.48 bits per heavy atom. The van der Waals surface area contributed by atoms with Crippen LogP contribution in [0.15, 0.2) is 59.4 Å². The molecule has 31 heavy (non-hydrogen) atoms. The van der Waals surface area contributed by atoms with Crippen LogP contribution >= 0.6 is 0 Å². The molecule has 1 atom stereocenters. The van der Waals surface area contributed by atoms with Crippen LogP contribution in [0.25, 0.3) is 10.9 Å². The van der Waals surface area contributed by atoms with Crippen LogP contribution < -0.4 is 5.56 Å². The smallest absolute Gasteiger partial charge is 0.261 e. The molecule has 1 aromatic heterocycles. The van der Waals surface area contributed by atoms with Gasteiger partial charge in [0.05, 0.1) is 30.1 Å². The lowest BCUT2D eigenvalue weighted by Crippen LogP contribution is -2.39. The SMILES string of the molecule is CCC(c1nc2ccccc2c(=O)n1CCOC)N(CC)C(=O)CCc1ccccc1. The standard InChI is InChI=1S/C25H31N3O3/c1-4-22(27(5-2)23(29)16-15-19-11-7-6-8-12-19)24-26-21-14-10-9-13-20(21)25(30)28(24)17-18-31-3/h6-14,22H,4-5,15-18H2,1-3H3. The molecule has 1 heterocycles. The lowest BCUT2D eigenvalue weighted by Gasteiger charge is -2.31. The van der Waals surface area contributed by atoms with E-state index in [0.29, 0.717) is 55.7 Å². The third-order valence-corrected chi connectivity index (χ3v) is 5.60. The summed E-state index contributed by atoms with van der Waals surface area (Å²) >= 11 is 0. The number of carbonyl (C=O) groups excluding carboxylic acids is 1. The van der Waals surface area contributed by atoms with Crippen LogP contribution in [0, 0.1) is 0 Å². The molecule has 1 unspecified atom stereocenters. The lowest BCUT2D eigenvalue weighted by molar-refractivity contribution is -0.133. The third kappa shape index (κ3) is 5.20. The van der Waals surface area contributed by atoms with Crippen molar-refractivity contribution >= 4 is 16.8 Å². The monoisotopic (exact) mass is 421 g/mol. The predicted molar refractivity (Wildman–Crippen MR) is 123 cm³/mol. The second kappa shape index (κ2) is 10.9. The molecule has 0 aliphatic rings. The van der Waals surface area contributed by atoms with Gasteiger partial charge in [-0.1, -0.05) is 49.4 Å². The Labute approximate surface area is 183 Å². The topological polar surface area (TPSA) is 64.4 Å². The summed E-state index contributed by atoms with van der Waals surface area (Å²) in [6, 6.07) is 17.1. The molecule has 0 saturated carbocycles. The van der Waals surface area contributed by atoms with E-state index in [2.05, 4.69) is 0 Å². The molecule has 0 saturated heterocycles. The number of benzene rings is 2. The summed E-state index contributed by atoms with van der Waals surface area (Å²) in [5.74, 6) is 0.692. The molecule has 0 fully saturated rings. The van der Waals surface area contributed by atoms with E-state index in [-0.39, 0.29) is 17.5 Å². The summed E-state index contributed by atoms with van der Waals surface area (Å²) < 4.78 is 6.91. The first-order valence-electron chi connectivity index (χ1n) is 10.9. The van der Waals surface area contributed by atoms with Gasteiger partial charge < -0.3 is 9.64 Å². The highest BCUT2D eigenvalue weighted by atomic mass is 16.5. The Morgan fingerprint density at radius 2 is 1.81 bits per heavy atom. The van der Waals surface area contributed by atoms with Crippen molar-refractivity contribution in [3.8, 4) is 0 Å². The van der Waals surface area contributed by atoms with Crippen LogP contribution in [-0.2, 0) is 22.5 Å². The second-order valence-electron chi connectivity index (χ2n) is 7.53. The first-order valence-corrected chi connectivity index (χ1v) is 10.9. The van der Waals surface area contributed by atoms with Crippen LogP contribution in [0.1, 0.15) is 44.1 Å². The normalized spacial score (nSPS) is 12.1. The highest BCUT2D eigenvalue weighted by molar-refractivity contribution is 5.78. The van der Waals surface area contributed by atoms with Gasteiger partial charge in [0.1, 0.15) is 5.82 Å². The Bertz CT molecular complexity index is 1060. The number of rotatable bonds is 10. The maximum Gasteiger partial charge on any atom is 0.261 e. The quantitative estimate of drug-likeness (QED) is 0.497. The molecule has 0 spiro atoms. The third-order valence-electron chi connectivity index (χ3n) is 5.60. The van der Waals surface area contributed by atoms with Crippen molar-refractivity contribution in [1.29, 1.82) is 0 Å². The molecule has 6 nitrogen and oxygen atoms in total. The molecule has 164 valence electrons. The lowest BCUT2D eigenvalue weighted by atomic mass is 10.1. The maximum atomic E-state index is 13.2. The molecular weight excluding hydrogens is 390 g/mol. The fourth-order valence-corrected chi connectivity index (χ4v) is 3.99. The van der Waals surface area contributed by atoms with E-state index in [1.165, 1.54) is 0 Å². The number of para-hydroxylation sites is 1. The highest BCUT2D eigenvalue weighted by Gasteiger charge is 2.27. The van der Waals surface area contributed by atoms with Crippen molar-refractivity contribution in [2.75, 3.05) is 20.3 Å². The molecule has 0 aliphatic heterocycles. The number of fused-ring (bicyclic) bond motifs is 1. The van der Waals surface area contributed by atoms with Crippen LogP contribution in [-0.4, -0.2) is 40.6 Å². The van der Waals surface area contributed by atoms with Crippen molar-refractivity contribution in [3.05, 3.63) is 76.3 Å². The average Bonchev–Trinajstić information content (AvgIpc) is 2.81. The van der Waals surface area contributed by atoms with Gasteiger partial charge in [-0.2, -0.15) is 0 Å². The number of ether oxygens (including phenoxy) is 1. The zero-order valence-corrected chi connectivity index (χ0v) is 18.6. The number of aromatic nitrogens is 2. The van der Waals surface area contributed by atoms with E-state index in [4.69, 9.17) is 9.72 Å².